The van der Waals surface area contributed by atoms with Crippen molar-refractivity contribution in [1.82, 2.24) is 9.88 Å². The van der Waals surface area contributed by atoms with Crippen LogP contribution in [-0.2, 0) is 24.1 Å². The number of carboxylic acids is 1. The lowest BCUT2D eigenvalue weighted by Gasteiger charge is -2.16. The zero-order valence-corrected chi connectivity index (χ0v) is 12.9. The second-order valence-corrected chi connectivity index (χ2v) is 5.67. The summed E-state index contributed by atoms with van der Waals surface area (Å²) >= 11 is 1.69. The minimum absolute atomic E-state index is 0.199. The SMILES string of the molecule is CCc1nc(CCN(CC)CC)sc1CCC(=O)O. The number of aliphatic carboxylic acids is 1. The van der Waals surface area contributed by atoms with Gasteiger partial charge in [0.1, 0.15) is 0 Å². The van der Waals surface area contributed by atoms with E-state index in [4.69, 9.17) is 5.11 Å². The van der Waals surface area contributed by atoms with Crippen LogP contribution in [0, 0.1) is 0 Å². The predicted octanol–water partition coefficient (Wildman–Crippen LogP) is 2.61. The number of aryl methyl sites for hydroxylation is 2. The van der Waals surface area contributed by atoms with Gasteiger partial charge in [-0.15, -0.1) is 11.3 Å². The minimum atomic E-state index is -0.736. The second-order valence-electron chi connectivity index (χ2n) is 4.50. The Morgan fingerprint density at radius 1 is 1.26 bits per heavy atom. The first-order valence-corrected chi connectivity index (χ1v) is 7.83. The third-order valence-corrected chi connectivity index (χ3v) is 4.48. The molecule has 0 amide bonds. The van der Waals surface area contributed by atoms with Crippen LogP contribution in [0.3, 0.4) is 0 Å². The largest absolute Gasteiger partial charge is 0.481 e. The molecule has 1 heterocycles. The molecule has 1 rings (SSSR count). The lowest BCUT2D eigenvalue weighted by Crippen LogP contribution is -2.25. The van der Waals surface area contributed by atoms with Crippen molar-refractivity contribution in [3.8, 4) is 0 Å². The fourth-order valence-corrected chi connectivity index (χ4v) is 3.17. The summed E-state index contributed by atoms with van der Waals surface area (Å²) < 4.78 is 0. The van der Waals surface area contributed by atoms with Gasteiger partial charge >= 0.3 is 5.97 Å². The van der Waals surface area contributed by atoms with Gasteiger partial charge in [-0.05, 0) is 25.9 Å². The van der Waals surface area contributed by atoms with Crippen LogP contribution in [0.25, 0.3) is 0 Å². The average molecular weight is 284 g/mol. The van der Waals surface area contributed by atoms with Crippen LogP contribution in [0.1, 0.15) is 42.8 Å². The highest BCUT2D eigenvalue weighted by Gasteiger charge is 2.11. The first kappa shape index (κ1) is 16.1. The lowest BCUT2D eigenvalue weighted by atomic mass is 10.2. The Kier molecular flexibility index (Phi) is 7.02. The standard InChI is InChI=1S/C14H24N2O2S/c1-4-11-12(7-8-14(17)18)19-13(15-11)9-10-16(5-2)6-3/h4-10H2,1-3H3,(H,17,18). The quantitative estimate of drug-likeness (QED) is 0.757. The Labute approximate surface area is 119 Å². The molecule has 0 saturated carbocycles. The van der Waals surface area contributed by atoms with Gasteiger partial charge in [-0.25, -0.2) is 4.98 Å². The van der Waals surface area contributed by atoms with Crippen molar-refractivity contribution in [2.45, 2.75) is 46.5 Å². The van der Waals surface area contributed by atoms with Gasteiger partial charge < -0.3 is 10.0 Å². The van der Waals surface area contributed by atoms with Gasteiger partial charge in [0, 0.05) is 17.8 Å². The summed E-state index contributed by atoms with van der Waals surface area (Å²) in [5.41, 5.74) is 1.08. The number of nitrogens with zero attached hydrogens (tertiary/aromatic N) is 2. The van der Waals surface area contributed by atoms with Crippen molar-refractivity contribution in [2.75, 3.05) is 19.6 Å². The summed E-state index contributed by atoms with van der Waals surface area (Å²) in [6, 6.07) is 0. The smallest absolute Gasteiger partial charge is 0.303 e. The molecule has 0 bridgehead atoms. The fourth-order valence-electron chi connectivity index (χ4n) is 2.03. The molecular weight excluding hydrogens is 260 g/mol. The molecule has 0 aliphatic rings. The van der Waals surface area contributed by atoms with Gasteiger partial charge in [0.25, 0.3) is 0 Å². The molecule has 0 atom stereocenters. The van der Waals surface area contributed by atoms with Gasteiger partial charge in [0.15, 0.2) is 0 Å². The van der Waals surface area contributed by atoms with E-state index in [1.807, 2.05) is 0 Å². The lowest BCUT2D eigenvalue weighted by molar-refractivity contribution is -0.136. The number of thiazole rings is 1. The number of rotatable bonds is 9. The van der Waals surface area contributed by atoms with E-state index in [0.29, 0.717) is 6.42 Å². The topological polar surface area (TPSA) is 53.4 Å². The van der Waals surface area contributed by atoms with Gasteiger partial charge in [-0.1, -0.05) is 20.8 Å². The number of aromatic nitrogens is 1. The molecule has 0 aliphatic carbocycles. The van der Waals surface area contributed by atoms with E-state index >= 15 is 0 Å². The molecule has 1 aromatic rings. The number of hydrogen-bond donors (Lipinski definition) is 1. The molecular formula is C14H24N2O2S. The number of carboxylic acid groups (broad SMARTS) is 1. The number of likely N-dealkylation sites (N-methyl/N-ethyl adjacent to an activating group) is 1. The Hall–Kier alpha value is -0.940. The van der Waals surface area contributed by atoms with Crippen LogP contribution in [0.5, 0.6) is 0 Å². The first-order valence-electron chi connectivity index (χ1n) is 7.02. The predicted molar refractivity (Wildman–Crippen MR) is 78.9 cm³/mol. The van der Waals surface area contributed by atoms with Crippen molar-refractivity contribution < 1.29 is 9.90 Å². The third kappa shape index (κ3) is 5.28. The summed E-state index contributed by atoms with van der Waals surface area (Å²) in [6.45, 7) is 9.57. The zero-order chi connectivity index (χ0) is 14.3. The van der Waals surface area contributed by atoms with Crippen LogP contribution in [0.15, 0.2) is 0 Å². The Morgan fingerprint density at radius 3 is 2.47 bits per heavy atom. The molecule has 108 valence electrons. The van der Waals surface area contributed by atoms with Gasteiger partial charge in [0.2, 0.25) is 0 Å². The van der Waals surface area contributed by atoms with Crippen LogP contribution >= 0.6 is 11.3 Å². The van der Waals surface area contributed by atoms with Crippen LogP contribution in [-0.4, -0.2) is 40.6 Å². The highest BCUT2D eigenvalue weighted by atomic mass is 32.1. The molecule has 0 aromatic carbocycles. The van der Waals surface area contributed by atoms with Crippen LogP contribution in [0.2, 0.25) is 0 Å². The minimum Gasteiger partial charge on any atom is -0.481 e. The van der Waals surface area contributed by atoms with E-state index in [1.165, 1.54) is 0 Å². The van der Waals surface area contributed by atoms with Crippen LogP contribution < -0.4 is 0 Å². The molecule has 1 N–H and O–H groups in total. The summed E-state index contributed by atoms with van der Waals surface area (Å²) in [5, 5.41) is 9.91. The van der Waals surface area contributed by atoms with Gasteiger partial charge in [0.05, 0.1) is 17.1 Å². The normalized spacial score (nSPS) is 11.2. The third-order valence-electron chi connectivity index (χ3n) is 3.26. The number of carbonyl (C=O) groups is 1. The molecule has 0 fully saturated rings. The molecule has 5 heteroatoms. The van der Waals surface area contributed by atoms with Crippen LogP contribution in [0.4, 0.5) is 0 Å². The van der Waals surface area contributed by atoms with E-state index in [-0.39, 0.29) is 6.42 Å². The fraction of sp³-hybridized carbons (Fsp3) is 0.714. The van der Waals surface area contributed by atoms with Crippen molar-refractivity contribution in [3.63, 3.8) is 0 Å². The maximum absolute atomic E-state index is 10.6. The van der Waals surface area contributed by atoms with Crippen molar-refractivity contribution >= 4 is 17.3 Å². The molecule has 0 saturated heterocycles. The molecule has 0 spiro atoms. The van der Waals surface area contributed by atoms with E-state index in [2.05, 4.69) is 30.7 Å². The maximum Gasteiger partial charge on any atom is 0.303 e. The first-order chi connectivity index (χ1) is 9.10. The van der Waals surface area contributed by atoms with Crippen molar-refractivity contribution in [1.29, 1.82) is 0 Å². The summed E-state index contributed by atoms with van der Waals surface area (Å²) in [6.07, 6.45) is 2.66. The van der Waals surface area contributed by atoms with E-state index in [9.17, 15) is 4.79 Å². The zero-order valence-electron chi connectivity index (χ0n) is 12.1. The Bertz CT molecular complexity index is 400. The van der Waals surface area contributed by atoms with Gasteiger partial charge in [-0.2, -0.15) is 0 Å². The summed E-state index contributed by atoms with van der Waals surface area (Å²) in [4.78, 5) is 18.8. The second kappa shape index (κ2) is 8.27. The highest BCUT2D eigenvalue weighted by Crippen LogP contribution is 2.21. The highest BCUT2D eigenvalue weighted by molar-refractivity contribution is 7.11. The van der Waals surface area contributed by atoms with Crippen molar-refractivity contribution in [2.24, 2.45) is 0 Å². The monoisotopic (exact) mass is 284 g/mol. The molecule has 0 radical (unpaired) electrons. The molecule has 19 heavy (non-hydrogen) atoms. The molecule has 0 unspecified atom stereocenters. The Morgan fingerprint density at radius 2 is 1.95 bits per heavy atom. The average Bonchev–Trinajstić information content (AvgIpc) is 2.80. The maximum atomic E-state index is 10.6. The Balaban J connectivity index is 2.62. The molecule has 1 aromatic heterocycles. The molecule has 4 nitrogen and oxygen atoms in total. The number of hydrogen-bond acceptors (Lipinski definition) is 4. The summed E-state index contributed by atoms with van der Waals surface area (Å²) in [5.74, 6) is -0.736. The summed E-state index contributed by atoms with van der Waals surface area (Å²) in [7, 11) is 0. The van der Waals surface area contributed by atoms with E-state index in [0.717, 1.165) is 48.1 Å². The molecule has 0 aliphatic heterocycles. The van der Waals surface area contributed by atoms with E-state index in [1.54, 1.807) is 11.3 Å². The van der Waals surface area contributed by atoms with E-state index < -0.39 is 5.97 Å². The van der Waals surface area contributed by atoms with Crippen molar-refractivity contribution in [3.05, 3.63) is 15.6 Å². The van der Waals surface area contributed by atoms with Gasteiger partial charge in [-0.3, -0.25) is 4.79 Å².